The fraction of sp³-hybridized carbons (Fsp3) is 0.786. The van der Waals surface area contributed by atoms with Crippen molar-refractivity contribution in [3.63, 3.8) is 0 Å². The van der Waals surface area contributed by atoms with Crippen molar-refractivity contribution in [2.75, 3.05) is 26.4 Å². The van der Waals surface area contributed by atoms with E-state index in [0.29, 0.717) is 19.2 Å². The van der Waals surface area contributed by atoms with Gasteiger partial charge in [-0.1, -0.05) is 0 Å². The van der Waals surface area contributed by atoms with E-state index in [9.17, 15) is 5.11 Å². The van der Waals surface area contributed by atoms with Crippen LogP contribution in [0.4, 0.5) is 0 Å². The summed E-state index contributed by atoms with van der Waals surface area (Å²) in [6.45, 7) is 9.07. The number of hydrogen-bond donors (Lipinski definition) is 2. The predicted octanol–water partition coefficient (Wildman–Crippen LogP) is 0.0738. The number of ether oxygens (including phenoxy) is 1. The highest BCUT2D eigenvalue weighted by atomic mass is 16.5. The molecular weight excluding hydrogens is 258 g/mol. The highest BCUT2D eigenvalue weighted by Gasteiger charge is 2.27. The van der Waals surface area contributed by atoms with Gasteiger partial charge in [0.2, 0.25) is 0 Å². The van der Waals surface area contributed by atoms with Crippen molar-refractivity contribution < 1.29 is 14.9 Å². The molecule has 6 heteroatoms. The fourth-order valence-corrected chi connectivity index (χ4v) is 2.68. The zero-order valence-corrected chi connectivity index (χ0v) is 12.5. The number of rotatable bonds is 5. The van der Waals surface area contributed by atoms with Gasteiger partial charge in [-0.3, -0.25) is 9.58 Å². The maximum absolute atomic E-state index is 9.25. The van der Waals surface area contributed by atoms with Crippen LogP contribution in [0.15, 0.2) is 0 Å². The van der Waals surface area contributed by atoms with Gasteiger partial charge in [-0.15, -0.1) is 0 Å². The molecule has 0 aromatic carbocycles. The van der Waals surface area contributed by atoms with Crippen molar-refractivity contribution in [1.29, 1.82) is 0 Å². The number of aliphatic hydroxyl groups is 2. The molecule has 2 heterocycles. The van der Waals surface area contributed by atoms with Crippen molar-refractivity contribution in [2.24, 2.45) is 0 Å². The minimum Gasteiger partial charge on any atom is -0.394 e. The molecule has 0 bridgehead atoms. The highest BCUT2D eigenvalue weighted by molar-refractivity contribution is 5.24. The van der Waals surface area contributed by atoms with Gasteiger partial charge in [0.1, 0.15) is 0 Å². The Morgan fingerprint density at radius 2 is 2.10 bits per heavy atom. The third-order valence-corrected chi connectivity index (χ3v) is 4.04. The topological polar surface area (TPSA) is 70.8 Å². The average Bonchev–Trinajstić information content (AvgIpc) is 2.69. The number of morpholine rings is 1. The average molecular weight is 283 g/mol. The van der Waals surface area contributed by atoms with Crippen LogP contribution >= 0.6 is 0 Å². The van der Waals surface area contributed by atoms with Crippen molar-refractivity contribution in [1.82, 2.24) is 14.7 Å². The molecule has 2 N–H and O–H groups in total. The molecule has 1 fully saturated rings. The van der Waals surface area contributed by atoms with Crippen molar-refractivity contribution in [3.8, 4) is 0 Å². The second kappa shape index (κ2) is 6.67. The lowest BCUT2D eigenvalue weighted by Crippen LogP contribution is -2.48. The molecular formula is C14H25N3O3. The van der Waals surface area contributed by atoms with E-state index in [1.165, 1.54) is 5.56 Å². The van der Waals surface area contributed by atoms with Gasteiger partial charge >= 0.3 is 0 Å². The standard InChI is InChI=1S/C14H25N3O3/c1-10-9-20-13(8-19)6-16(10)7-14-11(2)15-17(4-5-18)12(14)3/h10,13,18-19H,4-9H2,1-3H3. The first-order chi connectivity index (χ1) is 9.56. The summed E-state index contributed by atoms with van der Waals surface area (Å²) in [6.07, 6.45) is -0.0979. The van der Waals surface area contributed by atoms with E-state index in [1.807, 2.05) is 18.5 Å². The third-order valence-electron chi connectivity index (χ3n) is 4.04. The SMILES string of the molecule is Cc1nn(CCO)c(C)c1CN1CC(CO)OCC1C. The lowest BCUT2D eigenvalue weighted by Gasteiger charge is -2.37. The van der Waals surface area contributed by atoms with Crippen molar-refractivity contribution >= 4 is 0 Å². The van der Waals surface area contributed by atoms with Crippen molar-refractivity contribution in [3.05, 3.63) is 17.0 Å². The smallest absolute Gasteiger partial charge is 0.0933 e. The van der Waals surface area contributed by atoms with Crippen LogP contribution in [-0.4, -0.2) is 63.4 Å². The van der Waals surface area contributed by atoms with E-state index in [4.69, 9.17) is 9.84 Å². The van der Waals surface area contributed by atoms with Crippen LogP contribution in [0.1, 0.15) is 23.9 Å². The van der Waals surface area contributed by atoms with Gasteiger partial charge in [-0.25, -0.2) is 0 Å². The third kappa shape index (κ3) is 3.20. The van der Waals surface area contributed by atoms with Crippen LogP contribution in [0.2, 0.25) is 0 Å². The van der Waals surface area contributed by atoms with E-state index >= 15 is 0 Å². The highest BCUT2D eigenvalue weighted by Crippen LogP contribution is 2.20. The Morgan fingerprint density at radius 3 is 2.75 bits per heavy atom. The van der Waals surface area contributed by atoms with Gasteiger partial charge < -0.3 is 14.9 Å². The maximum atomic E-state index is 9.25. The first-order valence-electron chi connectivity index (χ1n) is 7.17. The van der Waals surface area contributed by atoms with Crippen LogP contribution in [0.25, 0.3) is 0 Å². The van der Waals surface area contributed by atoms with Crippen LogP contribution in [0.3, 0.4) is 0 Å². The number of nitrogens with zero attached hydrogens (tertiary/aromatic N) is 3. The van der Waals surface area contributed by atoms with Gasteiger partial charge in [-0.05, 0) is 20.8 Å². The van der Waals surface area contributed by atoms with Gasteiger partial charge in [0.15, 0.2) is 0 Å². The summed E-state index contributed by atoms with van der Waals surface area (Å²) < 4.78 is 7.43. The number of aromatic nitrogens is 2. The fourth-order valence-electron chi connectivity index (χ4n) is 2.68. The van der Waals surface area contributed by atoms with E-state index in [-0.39, 0.29) is 19.3 Å². The monoisotopic (exact) mass is 283 g/mol. The zero-order valence-electron chi connectivity index (χ0n) is 12.5. The summed E-state index contributed by atoms with van der Waals surface area (Å²) in [5.41, 5.74) is 3.33. The lowest BCUT2D eigenvalue weighted by molar-refractivity contribution is -0.0806. The van der Waals surface area contributed by atoms with Crippen LogP contribution < -0.4 is 0 Å². The largest absolute Gasteiger partial charge is 0.394 e. The zero-order chi connectivity index (χ0) is 14.7. The summed E-state index contributed by atoms with van der Waals surface area (Å²) >= 11 is 0. The molecule has 0 spiro atoms. The van der Waals surface area contributed by atoms with Crippen LogP contribution in [0, 0.1) is 13.8 Å². The molecule has 1 aliphatic rings. The molecule has 0 saturated carbocycles. The molecule has 0 aliphatic carbocycles. The molecule has 6 nitrogen and oxygen atoms in total. The molecule has 2 atom stereocenters. The van der Waals surface area contributed by atoms with E-state index in [2.05, 4.69) is 16.9 Å². The van der Waals surface area contributed by atoms with Crippen molar-refractivity contribution in [2.45, 2.75) is 46.0 Å². The first-order valence-corrected chi connectivity index (χ1v) is 7.17. The lowest BCUT2D eigenvalue weighted by atomic mass is 10.1. The Morgan fingerprint density at radius 1 is 1.35 bits per heavy atom. The Balaban J connectivity index is 2.12. The Kier molecular flexibility index (Phi) is 5.15. The quantitative estimate of drug-likeness (QED) is 0.800. The van der Waals surface area contributed by atoms with Gasteiger partial charge in [0.25, 0.3) is 0 Å². The Hall–Kier alpha value is -0.950. The van der Waals surface area contributed by atoms with Gasteiger partial charge in [-0.2, -0.15) is 5.10 Å². The van der Waals surface area contributed by atoms with Gasteiger partial charge in [0.05, 0.1) is 38.2 Å². The summed E-state index contributed by atoms with van der Waals surface area (Å²) in [6, 6.07) is 0.331. The molecule has 1 aromatic heterocycles. The summed E-state index contributed by atoms with van der Waals surface area (Å²) in [5, 5.41) is 22.8. The van der Waals surface area contributed by atoms with Gasteiger partial charge in [0, 0.05) is 30.4 Å². The number of aryl methyl sites for hydroxylation is 1. The normalized spacial score (nSPS) is 24.2. The minimum atomic E-state index is -0.0979. The molecule has 20 heavy (non-hydrogen) atoms. The second-order valence-corrected chi connectivity index (χ2v) is 5.51. The molecule has 1 aromatic rings. The predicted molar refractivity (Wildman–Crippen MR) is 75.5 cm³/mol. The van der Waals surface area contributed by atoms with Crippen LogP contribution in [-0.2, 0) is 17.8 Å². The number of hydrogen-bond acceptors (Lipinski definition) is 5. The van der Waals surface area contributed by atoms with Crippen LogP contribution in [0.5, 0.6) is 0 Å². The van der Waals surface area contributed by atoms with E-state index < -0.39 is 0 Å². The molecule has 1 aliphatic heterocycles. The molecule has 0 amide bonds. The molecule has 0 radical (unpaired) electrons. The Labute approximate surface area is 120 Å². The van der Waals surface area contributed by atoms with E-state index in [1.54, 1.807) is 0 Å². The molecule has 2 unspecified atom stereocenters. The Bertz CT molecular complexity index is 447. The first kappa shape index (κ1) is 15.4. The number of aliphatic hydroxyl groups excluding tert-OH is 2. The minimum absolute atomic E-state index is 0.0605. The molecule has 2 rings (SSSR count). The summed E-state index contributed by atoms with van der Waals surface area (Å²) in [7, 11) is 0. The summed E-state index contributed by atoms with van der Waals surface area (Å²) in [4.78, 5) is 2.32. The van der Waals surface area contributed by atoms with E-state index in [0.717, 1.165) is 24.5 Å². The summed E-state index contributed by atoms with van der Waals surface area (Å²) in [5.74, 6) is 0. The maximum Gasteiger partial charge on any atom is 0.0933 e. The molecule has 1 saturated heterocycles. The molecule has 114 valence electrons. The second-order valence-electron chi connectivity index (χ2n) is 5.51.